The van der Waals surface area contributed by atoms with Gasteiger partial charge in [0, 0.05) is 16.6 Å². The van der Waals surface area contributed by atoms with Gasteiger partial charge in [0.15, 0.2) is 0 Å². The summed E-state index contributed by atoms with van der Waals surface area (Å²) in [7, 11) is 0. The van der Waals surface area contributed by atoms with Gasteiger partial charge < -0.3 is 0 Å². The monoisotopic (exact) mass is 388 g/mol. The minimum Gasteiger partial charge on any atom is -0.274 e. The van der Waals surface area contributed by atoms with Crippen LogP contribution in [0, 0.1) is 45.6 Å². The Morgan fingerprint density at radius 2 is 1.67 bits per heavy atom. The van der Waals surface area contributed by atoms with Gasteiger partial charge in [-0.2, -0.15) is 0 Å². The molecule has 0 N–H and O–H groups in total. The Balaban J connectivity index is 1.56. The first-order chi connectivity index (χ1) is 11.5. The van der Waals surface area contributed by atoms with Crippen LogP contribution in [0.4, 0.5) is 11.4 Å². The third-order valence-electron chi connectivity index (χ3n) is 6.05. The van der Waals surface area contributed by atoms with Crippen molar-refractivity contribution in [3.8, 4) is 0 Å². The van der Waals surface area contributed by atoms with E-state index in [0.717, 1.165) is 6.42 Å². The first-order valence-corrected chi connectivity index (χ1v) is 8.78. The van der Waals surface area contributed by atoms with Crippen LogP contribution in [0.15, 0.2) is 34.8 Å². The highest BCUT2D eigenvalue weighted by Gasteiger charge is 2.67. The van der Waals surface area contributed by atoms with E-state index in [4.69, 9.17) is 0 Å². The van der Waals surface area contributed by atoms with Gasteiger partial charge in [-0.1, -0.05) is 12.2 Å². The van der Waals surface area contributed by atoms with Gasteiger partial charge in [0.1, 0.15) is 0 Å². The van der Waals surface area contributed by atoms with E-state index in [1.807, 2.05) is 0 Å². The molecule has 3 fully saturated rings. The number of imide groups is 1. The molecule has 7 heteroatoms. The maximum Gasteiger partial charge on any atom is 0.270 e. The van der Waals surface area contributed by atoms with Crippen molar-refractivity contribution in [2.75, 3.05) is 4.90 Å². The number of carbonyl (C=O) groups excluding carboxylic acids is 2. The van der Waals surface area contributed by atoms with Crippen molar-refractivity contribution in [1.29, 1.82) is 0 Å². The maximum atomic E-state index is 13.0. The predicted molar refractivity (Wildman–Crippen MR) is 88.0 cm³/mol. The Labute approximate surface area is 145 Å². The zero-order valence-electron chi connectivity index (χ0n) is 12.5. The molecule has 6 atom stereocenters. The van der Waals surface area contributed by atoms with E-state index < -0.39 is 4.92 Å². The zero-order valence-corrected chi connectivity index (χ0v) is 14.0. The SMILES string of the molecule is O=C1[C@H]2[C@@H]3C=C[C@@H]([C@H]4C[C@H]34)[C@@H]2C(=O)N1c1ccc([N+](=O)[O-])cc1Br. The van der Waals surface area contributed by atoms with Crippen LogP contribution >= 0.6 is 15.9 Å². The predicted octanol–water partition coefficient (Wildman–Crippen LogP) is 2.91. The van der Waals surface area contributed by atoms with Gasteiger partial charge in [-0.15, -0.1) is 0 Å². The number of rotatable bonds is 2. The van der Waals surface area contributed by atoms with Gasteiger partial charge in [-0.05, 0) is 52.1 Å². The molecule has 1 heterocycles. The summed E-state index contributed by atoms with van der Waals surface area (Å²) in [5.74, 6) is 0.591. The van der Waals surface area contributed by atoms with E-state index >= 15 is 0 Å². The molecule has 1 aliphatic heterocycles. The largest absolute Gasteiger partial charge is 0.274 e. The number of halogens is 1. The van der Waals surface area contributed by atoms with Crippen molar-refractivity contribution >= 4 is 39.1 Å². The van der Waals surface area contributed by atoms with Crippen molar-refractivity contribution in [2.24, 2.45) is 35.5 Å². The van der Waals surface area contributed by atoms with Gasteiger partial charge in [0.25, 0.3) is 5.69 Å². The first-order valence-electron chi connectivity index (χ1n) is 7.99. The van der Waals surface area contributed by atoms with Gasteiger partial charge in [-0.3, -0.25) is 19.7 Å². The van der Waals surface area contributed by atoms with Crippen LogP contribution in [0.5, 0.6) is 0 Å². The lowest BCUT2D eigenvalue weighted by molar-refractivity contribution is -0.384. The van der Waals surface area contributed by atoms with Crippen molar-refractivity contribution in [1.82, 2.24) is 0 Å². The Morgan fingerprint density at radius 3 is 2.17 bits per heavy atom. The minimum absolute atomic E-state index is 0.0786. The summed E-state index contributed by atoms with van der Waals surface area (Å²) in [6.45, 7) is 0. The van der Waals surface area contributed by atoms with Gasteiger partial charge in [0.2, 0.25) is 11.8 Å². The number of carbonyl (C=O) groups is 2. The van der Waals surface area contributed by atoms with Gasteiger partial charge >= 0.3 is 0 Å². The molecule has 6 rings (SSSR count). The summed E-state index contributed by atoms with van der Waals surface area (Å²) >= 11 is 3.28. The molecule has 4 aliphatic carbocycles. The number of hydrogen-bond acceptors (Lipinski definition) is 4. The van der Waals surface area contributed by atoms with Crippen LogP contribution in [0.1, 0.15) is 6.42 Å². The fourth-order valence-corrected chi connectivity index (χ4v) is 5.53. The molecule has 6 nitrogen and oxygen atoms in total. The van der Waals surface area contributed by atoms with E-state index in [9.17, 15) is 19.7 Å². The molecule has 122 valence electrons. The normalized spacial score (nSPS) is 38.3. The summed E-state index contributed by atoms with van der Waals surface area (Å²) in [6.07, 6.45) is 5.37. The minimum atomic E-state index is -0.500. The van der Waals surface area contributed by atoms with Crippen molar-refractivity contribution in [3.63, 3.8) is 0 Å². The number of anilines is 1. The second-order valence-electron chi connectivity index (χ2n) is 7.06. The van der Waals surface area contributed by atoms with Crippen molar-refractivity contribution < 1.29 is 14.5 Å². The summed E-state index contributed by atoms with van der Waals surface area (Å²) in [5, 5.41) is 10.9. The zero-order chi connectivity index (χ0) is 16.7. The lowest BCUT2D eigenvalue weighted by Gasteiger charge is -2.37. The molecule has 1 aromatic rings. The summed E-state index contributed by atoms with van der Waals surface area (Å²) in [4.78, 5) is 37.6. The van der Waals surface area contributed by atoms with Crippen molar-refractivity contribution in [3.05, 3.63) is 44.9 Å². The number of nitro groups is 1. The maximum absolute atomic E-state index is 13.0. The second-order valence-corrected chi connectivity index (χ2v) is 7.91. The molecule has 2 bridgehead atoms. The number of hydrogen-bond donors (Lipinski definition) is 0. The van der Waals surface area contributed by atoms with Crippen LogP contribution in [-0.4, -0.2) is 16.7 Å². The first kappa shape index (κ1) is 14.3. The van der Waals surface area contributed by atoms with Crippen LogP contribution in [0.25, 0.3) is 0 Å². The summed E-state index contributed by atoms with van der Waals surface area (Å²) in [6, 6.07) is 4.14. The Morgan fingerprint density at radius 1 is 1.08 bits per heavy atom. The van der Waals surface area contributed by atoms with E-state index in [1.165, 1.54) is 23.1 Å². The highest BCUT2D eigenvalue weighted by molar-refractivity contribution is 9.10. The molecular weight excluding hydrogens is 376 g/mol. The molecule has 1 saturated heterocycles. The topological polar surface area (TPSA) is 80.5 Å². The molecule has 5 aliphatic rings. The van der Waals surface area contributed by atoms with E-state index in [0.29, 0.717) is 22.0 Å². The number of amides is 2. The fourth-order valence-electron chi connectivity index (χ4n) is 4.99. The Bertz CT molecular complexity index is 815. The smallest absolute Gasteiger partial charge is 0.270 e. The highest BCUT2D eigenvalue weighted by Crippen LogP contribution is 2.65. The number of nitrogens with zero attached hydrogens (tertiary/aromatic N) is 2. The van der Waals surface area contributed by atoms with E-state index in [1.54, 1.807) is 0 Å². The van der Waals surface area contributed by atoms with Crippen LogP contribution in [0.3, 0.4) is 0 Å². The fraction of sp³-hybridized carbons (Fsp3) is 0.412. The number of allylic oxidation sites excluding steroid dienone is 2. The quantitative estimate of drug-likeness (QED) is 0.337. The van der Waals surface area contributed by atoms with E-state index in [-0.39, 0.29) is 41.2 Å². The molecular formula is C17H13BrN2O4. The molecule has 0 aromatic heterocycles. The molecule has 0 spiro atoms. The molecule has 0 unspecified atom stereocenters. The number of benzene rings is 1. The lowest BCUT2D eigenvalue weighted by atomic mass is 9.63. The third kappa shape index (κ3) is 1.65. The van der Waals surface area contributed by atoms with Gasteiger partial charge in [0.05, 0.1) is 22.4 Å². The second kappa shape index (κ2) is 4.53. The van der Waals surface area contributed by atoms with Gasteiger partial charge in [-0.25, -0.2) is 4.90 Å². The third-order valence-corrected chi connectivity index (χ3v) is 6.68. The molecule has 0 radical (unpaired) electrons. The summed E-state index contributed by atoms with van der Waals surface area (Å²) < 4.78 is 0.391. The molecule has 2 saturated carbocycles. The Kier molecular flexibility index (Phi) is 2.71. The Hall–Kier alpha value is -2.02. The highest BCUT2D eigenvalue weighted by atomic mass is 79.9. The molecule has 2 amide bonds. The molecule has 1 aromatic carbocycles. The summed E-state index contributed by atoms with van der Waals surface area (Å²) in [5.41, 5.74) is 0.322. The standard InChI is InChI=1S/C17H13BrN2O4/c18-12-5-7(20(23)24)1-4-13(12)19-16(21)14-8-2-3-9(11-6-10(8)11)15(14)17(19)22/h1-5,8-11,14-15H,6H2/t8-,9+,10-,11-,14+,15+/m1/s1. The number of nitro benzene ring substituents is 1. The average molecular weight is 389 g/mol. The average Bonchev–Trinajstić information content (AvgIpc) is 3.33. The molecule has 24 heavy (non-hydrogen) atoms. The number of non-ortho nitro benzene ring substituents is 1. The lowest BCUT2D eigenvalue weighted by Crippen LogP contribution is -2.40. The van der Waals surface area contributed by atoms with Crippen LogP contribution < -0.4 is 4.90 Å². The van der Waals surface area contributed by atoms with Crippen LogP contribution in [-0.2, 0) is 9.59 Å². The van der Waals surface area contributed by atoms with E-state index in [2.05, 4.69) is 28.1 Å². The van der Waals surface area contributed by atoms with Crippen LogP contribution in [0.2, 0.25) is 0 Å². The van der Waals surface area contributed by atoms with Crippen molar-refractivity contribution in [2.45, 2.75) is 6.42 Å².